The Morgan fingerprint density at radius 1 is 1.11 bits per heavy atom. The molecule has 4 aromatic rings. The minimum Gasteiger partial charge on any atom is -0.345 e. The quantitative estimate of drug-likeness (QED) is 0.571. The van der Waals surface area contributed by atoms with E-state index >= 15 is 0 Å². The summed E-state index contributed by atoms with van der Waals surface area (Å²) in [7, 11) is 0. The van der Waals surface area contributed by atoms with Crippen molar-refractivity contribution in [1.29, 1.82) is 0 Å². The van der Waals surface area contributed by atoms with Gasteiger partial charge in [-0.3, -0.25) is 14.5 Å². The number of H-pyrrole nitrogens is 1. The monoisotopic (exact) mass is 362 g/mol. The van der Waals surface area contributed by atoms with E-state index in [0.717, 1.165) is 5.69 Å². The van der Waals surface area contributed by atoms with Crippen LogP contribution in [0.15, 0.2) is 67.1 Å². The molecule has 0 aliphatic rings. The molecular weight excluding hydrogens is 347 g/mol. The largest absolute Gasteiger partial charge is 0.345 e. The van der Waals surface area contributed by atoms with Gasteiger partial charge in [0.15, 0.2) is 5.82 Å². The number of hydrogen-bond donors (Lipinski definition) is 2. The maximum atomic E-state index is 13.1. The Labute approximate surface area is 153 Å². The number of carbonyl (C=O) groups is 1. The highest BCUT2D eigenvalue weighted by Gasteiger charge is 2.16. The number of hydrogen-bond acceptors (Lipinski definition) is 4. The van der Waals surface area contributed by atoms with Crippen LogP contribution in [0.2, 0.25) is 0 Å². The fourth-order valence-electron chi connectivity index (χ4n) is 2.73. The van der Waals surface area contributed by atoms with Crippen LogP contribution in [0.1, 0.15) is 16.2 Å². The molecule has 2 N–H and O–H groups in total. The van der Waals surface area contributed by atoms with E-state index in [4.69, 9.17) is 0 Å². The van der Waals surface area contributed by atoms with Gasteiger partial charge in [-0.1, -0.05) is 18.2 Å². The van der Waals surface area contributed by atoms with E-state index in [1.165, 1.54) is 18.3 Å². The first-order valence-electron chi connectivity index (χ1n) is 8.24. The summed E-state index contributed by atoms with van der Waals surface area (Å²) in [5.41, 5.74) is 2.47. The molecule has 0 saturated heterocycles. The predicted octanol–water partition coefficient (Wildman–Crippen LogP) is 2.73. The third kappa shape index (κ3) is 3.45. The minimum absolute atomic E-state index is 0.196. The van der Waals surface area contributed by atoms with Crippen molar-refractivity contribution >= 4 is 5.91 Å². The highest BCUT2D eigenvalue weighted by atomic mass is 19.1. The summed E-state index contributed by atoms with van der Waals surface area (Å²) in [6.07, 6.45) is 3.04. The highest BCUT2D eigenvalue weighted by Crippen LogP contribution is 2.21. The van der Waals surface area contributed by atoms with Crippen LogP contribution in [0.4, 0.5) is 4.39 Å². The first-order valence-corrected chi connectivity index (χ1v) is 8.24. The summed E-state index contributed by atoms with van der Waals surface area (Å²) in [6, 6.07) is 15.5. The second-order valence-corrected chi connectivity index (χ2v) is 5.80. The zero-order chi connectivity index (χ0) is 18.6. The van der Waals surface area contributed by atoms with Crippen molar-refractivity contribution in [2.24, 2.45) is 0 Å². The predicted molar refractivity (Wildman–Crippen MR) is 96.5 cm³/mol. The van der Waals surface area contributed by atoms with Crippen LogP contribution in [0.25, 0.3) is 16.9 Å². The van der Waals surface area contributed by atoms with Crippen molar-refractivity contribution in [3.05, 3.63) is 84.3 Å². The molecule has 2 aromatic carbocycles. The van der Waals surface area contributed by atoms with Crippen LogP contribution in [0.5, 0.6) is 0 Å². The number of aromatic amines is 1. The number of carbonyl (C=O) groups excluding carboxylic acids is 1. The number of aromatic nitrogens is 5. The molecule has 0 fully saturated rings. The first-order chi connectivity index (χ1) is 13.2. The Kier molecular flexibility index (Phi) is 4.44. The van der Waals surface area contributed by atoms with Crippen LogP contribution >= 0.6 is 0 Å². The molecule has 0 radical (unpaired) electrons. The molecule has 134 valence electrons. The number of rotatable bonds is 5. The number of benzene rings is 2. The lowest BCUT2D eigenvalue weighted by Crippen LogP contribution is -2.24. The fourth-order valence-corrected chi connectivity index (χ4v) is 2.73. The lowest BCUT2D eigenvalue weighted by molar-refractivity contribution is 0.0950. The standard InChI is InChI=1S/C19H15FN6O/c20-14-8-6-13(7-9-14)18-16(10-22-25-18)19(27)21-11-17-24-23-12-26(17)15-4-2-1-3-5-15/h1-10,12H,11H2,(H,21,27)(H,22,25). The highest BCUT2D eigenvalue weighted by molar-refractivity contribution is 5.99. The molecule has 0 bridgehead atoms. The third-order valence-corrected chi connectivity index (χ3v) is 4.08. The Hall–Kier alpha value is -3.81. The molecule has 0 atom stereocenters. The summed E-state index contributed by atoms with van der Waals surface area (Å²) in [6.45, 7) is 0.196. The van der Waals surface area contributed by atoms with E-state index in [2.05, 4.69) is 25.7 Å². The average molecular weight is 362 g/mol. The van der Waals surface area contributed by atoms with Crippen LogP contribution in [0, 0.1) is 5.82 Å². The van der Waals surface area contributed by atoms with Gasteiger partial charge in [0.25, 0.3) is 5.91 Å². The molecule has 0 spiro atoms. The third-order valence-electron chi connectivity index (χ3n) is 4.08. The zero-order valence-electron chi connectivity index (χ0n) is 14.1. The molecule has 4 rings (SSSR count). The number of halogens is 1. The number of nitrogens with zero attached hydrogens (tertiary/aromatic N) is 4. The van der Waals surface area contributed by atoms with E-state index < -0.39 is 0 Å². The lowest BCUT2D eigenvalue weighted by atomic mass is 10.1. The number of nitrogens with one attached hydrogen (secondary N) is 2. The van der Waals surface area contributed by atoms with Crippen LogP contribution in [0.3, 0.4) is 0 Å². The first kappa shape index (κ1) is 16.6. The van der Waals surface area contributed by atoms with Crippen molar-refractivity contribution in [3.63, 3.8) is 0 Å². The van der Waals surface area contributed by atoms with Gasteiger partial charge in [-0.15, -0.1) is 10.2 Å². The van der Waals surface area contributed by atoms with Crippen LogP contribution in [-0.4, -0.2) is 30.9 Å². The molecule has 8 heteroatoms. The van der Waals surface area contributed by atoms with Gasteiger partial charge in [0.2, 0.25) is 0 Å². The fraction of sp³-hybridized carbons (Fsp3) is 0.0526. The Morgan fingerprint density at radius 2 is 1.89 bits per heavy atom. The van der Waals surface area contributed by atoms with E-state index in [1.54, 1.807) is 23.0 Å². The molecule has 7 nitrogen and oxygen atoms in total. The number of amides is 1. The summed E-state index contributed by atoms with van der Waals surface area (Å²) in [4.78, 5) is 12.6. The summed E-state index contributed by atoms with van der Waals surface area (Å²) >= 11 is 0. The van der Waals surface area contributed by atoms with Gasteiger partial charge >= 0.3 is 0 Å². The molecule has 0 unspecified atom stereocenters. The van der Waals surface area contributed by atoms with Crippen molar-refractivity contribution in [3.8, 4) is 16.9 Å². The van der Waals surface area contributed by atoms with E-state index in [9.17, 15) is 9.18 Å². The topological polar surface area (TPSA) is 88.5 Å². The van der Waals surface area contributed by atoms with E-state index in [1.807, 2.05) is 30.3 Å². The molecule has 2 heterocycles. The molecule has 2 aromatic heterocycles. The van der Waals surface area contributed by atoms with Crippen molar-refractivity contribution in [2.75, 3.05) is 0 Å². The maximum absolute atomic E-state index is 13.1. The molecule has 1 amide bonds. The lowest BCUT2D eigenvalue weighted by Gasteiger charge is -2.08. The van der Waals surface area contributed by atoms with Crippen molar-refractivity contribution in [1.82, 2.24) is 30.3 Å². The van der Waals surface area contributed by atoms with Crippen LogP contribution in [-0.2, 0) is 6.54 Å². The Bertz CT molecular complexity index is 1060. The summed E-state index contributed by atoms with van der Waals surface area (Å²) in [5.74, 6) is -0.0587. The molecule has 0 saturated carbocycles. The van der Waals surface area contributed by atoms with Gasteiger partial charge in [0.05, 0.1) is 24.0 Å². The second-order valence-electron chi connectivity index (χ2n) is 5.80. The molecule has 0 aliphatic heterocycles. The van der Waals surface area contributed by atoms with E-state index in [-0.39, 0.29) is 18.3 Å². The molecule has 0 aliphatic carbocycles. The van der Waals surface area contributed by atoms with Gasteiger partial charge in [0.1, 0.15) is 12.1 Å². The average Bonchev–Trinajstić information content (AvgIpc) is 3.37. The Morgan fingerprint density at radius 3 is 2.67 bits per heavy atom. The SMILES string of the molecule is O=C(NCc1nncn1-c1ccccc1)c1cn[nH]c1-c1ccc(F)cc1. The molecule has 27 heavy (non-hydrogen) atoms. The van der Waals surface area contributed by atoms with Gasteiger partial charge in [0, 0.05) is 11.3 Å². The maximum Gasteiger partial charge on any atom is 0.255 e. The number of para-hydroxylation sites is 1. The Balaban J connectivity index is 1.51. The van der Waals surface area contributed by atoms with Gasteiger partial charge < -0.3 is 5.32 Å². The zero-order valence-corrected chi connectivity index (χ0v) is 14.1. The normalized spacial score (nSPS) is 10.7. The second kappa shape index (κ2) is 7.20. The van der Waals surface area contributed by atoms with E-state index in [0.29, 0.717) is 22.6 Å². The summed E-state index contributed by atoms with van der Waals surface area (Å²) in [5, 5.41) is 17.5. The van der Waals surface area contributed by atoms with Gasteiger partial charge in [-0.05, 0) is 36.4 Å². The summed E-state index contributed by atoms with van der Waals surface area (Å²) < 4.78 is 14.9. The van der Waals surface area contributed by atoms with Crippen molar-refractivity contribution < 1.29 is 9.18 Å². The van der Waals surface area contributed by atoms with Crippen molar-refractivity contribution in [2.45, 2.75) is 6.54 Å². The van der Waals surface area contributed by atoms with Gasteiger partial charge in [-0.25, -0.2) is 4.39 Å². The van der Waals surface area contributed by atoms with Crippen LogP contribution < -0.4 is 5.32 Å². The smallest absolute Gasteiger partial charge is 0.255 e. The molecular formula is C19H15FN6O. The van der Waals surface area contributed by atoms with Gasteiger partial charge in [-0.2, -0.15) is 5.10 Å². The minimum atomic E-state index is -0.343.